The fourth-order valence-corrected chi connectivity index (χ4v) is 3.17. The molecule has 0 aliphatic carbocycles. The average Bonchev–Trinajstić information content (AvgIpc) is 2.80. The molecule has 1 aromatic heterocycles. The Kier molecular flexibility index (Phi) is 5.11. The molecule has 0 saturated carbocycles. The third-order valence-electron chi connectivity index (χ3n) is 3.27. The second-order valence-corrected chi connectivity index (χ2v) is 6.29. The van der Waals surface area contributed by atoms with Gasteiger partial charge >= 0.3 is 0 Å². The fraction of sp³-hybridized carbons (Fsp3) is 0.438. The second kappa shape index (κ2) is 6.83. The third kappa shape index (κ3) is 4.15. The smallest absolute Gasteiger partial charge is 0.0896 e. The number of nitrogens with zero attached hydrogens (tertiary/aromatic N) is 1. The highest BCUT2D eigenvalue weighted by Crippen LogP contribution is 2.24. The quantitative estimate of drug-likeness (QED) is 0.869. The first-order chi connectivity index (χ1) is 9.19. The van der Waals surface area contributed by atoms with Crippen LogP contribution >= 0.6 is 11.3 Å². The van der Waals surface area contributed by atoms with Crippen molar-refractivity contribution in [2.75, 3.05) is 13.1 Å². The summed E-state index contributed by atoms with van der Waals surface area (Å²) in [6.07, 6.45) is 3.09. The average molecular weight is 274 g/mol. The van der Waals surface area contributed by atoms with E-state index in [1.165, 1.54) is 16.0 Å². The minimum Gasteiger partial charge on any atom is -0.316 e. The Morgan fingerprint density at radius 1 is 1.32 bits per heavy atom. The largest absolute Gasteiger partial charge is 0.316 e. The lowest BCUT2D eigenvalue weighted by Crippen LogP contribution is -2.22. The van der Waals surface area contributed by atoms with Gasteiger partial charge in [-0.05, 0) is 32.4 Å². The molecule has 2 nitrogen and oxygen atoms in total. The van der Waals surface area contributed by atoms with Gasteiger partial charge in [0.05, 0.1) is 5.01 Å². The third-order valence-corrected chi connectivity index (χ3v) is 4.21. The van der Waals surface area contributed by atoms with E-state index in [0.29, 0.717) is 5.92 Å². The van der Waals surface area contributed by atoms with Crippen molar-refractivity contribution in [3.05, 3.63) is 51.5 Å². The zero-order valence-corrected chi connectivity index (χ0v) is 12.8. The number of hydrogen-bond donors (Lipinski definition) is 1. The molecule has 19 heavy (non-hydrogen) atoms. The lowest BCUT2D eigenvalue weighted by atomic mass is 9.94. The molecule has 0 radical (unpaired) electrons. The molecule has 1 unspecified atom stereocenters. The number of thiazole rings is 1. The minimum atomic E-state index is 0.527. The van der Waals surface area contributed by atoms with Crippen LogP contribution in [0.5, 0.6) is 0 Å². The molecular weight excluding hydrogens is 252 g/mol. The Morgan fingerprint density at radius 2 is 2.16 bits per heavy atom. The van der Waals surface area contributed by atoms with Gasteiger partial charge in [0.1, 0.15) is 0 Å². The monoisotopic (exact) mass is 274 g/mol. The van der Waals surface area contributed by atoms with E-state index in [-0.39, 0.29) is 0 Å². The summed E-state index contributed by atoms with van der Waals surface area (Å²) in [4.78, 5) is 5.74. The molecule has 0 aliphatic rings. The zero-order valence-electron chi connectivity index (χ0n) is 11.9. The van der Waals surface area contributed by atoms with E-state index in [4.69, 9.17) is 0 Å². The predicted octanol–water partition coefficient (Wildman–Crippen LogP) is 3.70. The zero-order chi connectivity index (χ0) is 13.7. The van der Waals surface area contributed by atoms with Crippen molar-refractivity contribution < 1.29 is 0 Å². The van der Waals surface area contributed by atoms with E-state index in [0.717, 1.165) is 24.5 Å². The Bertz CT molecular complexity index is 519. The molecule has 1 N–H and O–H groups in total. The lowest BCUT2D eigenvalue weighted by Gasteiger charge is -2.17. The van der Waals surface area contributed by atoms with Crippen LogP contribution in [0.2, 0.25) is 0 Å². The Morgan fingerprint density at radius 3 is 2.79 bits per heavy atom. The first-order valence-corrected chi connectivity index (χ1v) is 7.69. The highest BCUT2D eigenvalue weighted by atomic mass is 32.1. The van der Waals surface area contributed by atoms with Gasteiger partial charge in [-0.2, -0.15) is 0 Å². The molecule has 0 saturated heterocycles. The summed E-state index contributed by atoms with van der Waals surface area (Å²) >= 11 is 1.81. The van der Waals surface area contributed by atoms with Gasteiger partial charge in [0.15, 0.2) is 0 Å². The first-order valence-electron chi connectivity index (χ1n) is 6.87. The number of aromatic nitrogens is 1. The summed E-state index contributed by atoms with van der Waals surface area (Å²) in [5.41, 5.74) is 2.76. The van der Waals surface area contributed by atoms with Crippen LogP contribution in [0.4, 0.5) is 0 Å². The fourth-order valence-electron chi connectivity index (χ4n) is 2.29. The molecule has 2 rings (SSSR count). The number of hydrogen-bond acceptors (Lipinski definition) is 3. The van der Waals surface area contributed by atoms with Crippen molar-refractivity contribution in [1.29, 1.82) is 0 Å². The van der Waals surface area contributed by atoms with Crippen molar-refractivity contribution in [3.8, 4) is 0 Å². The number of benzene rings is 1. The van der Waals surface area contributed by atoms with Crippen molar-refractivity contribution >= 4 is 11.3 Å². The van der Waals surface area contributed by atoms with E-state index in [2.05, 4.69) is 55.3 Å². The van der Waals surface area contributed by atoms with E-state index < -0.39 is 0 Å². The minimum absolute atomic E-state index is 0.527. The lowest BCUT2D eigenvalue weighted by molar-refractivity contribution is 0.597. The van der Waals surface area contributed by atoms with Crippen molar-refractivity contribution in [2.45, 2.75) is 33.1 Å². The van der Waals surface area contributed by atoms with Crippen molar-refractivity contribution in [3.63, 3.8) is 0 Å². The molecular formula is C16H22N2S. The van der Waals surface area contributed by atoms with E-state index in [1.807, 2.05) is 17.5 Å². The van der Waals surface area contributed by atoms with Gasteiger partial charge in [-0.1, -0.05) is 36.8 Å². The molecule has 0 fully saturated rings. The van der Waals surface area contributed by atoms with Gasteiger partial charge in [-0.3, -0.25) is 0 Å². The number of likely N-dealkylation sites (N-methyl/N-ethyl adjacent to an activating group) is 1. The van der Waals surface area contributed by atoms with Crippen LogP contribution in [-0.2, 0) is 6.42 Å². The Hall–Kier alpha value is -1.19. The summed E-state index contributed by atoms with van der Waals surface area (Å²) in [5.74, 6) is 0.527. The maximum atomic E-state index is 4.36. The topological polar surface area (TPSA) is 24.9 Å². The van der Waals surface area contributed by atoms with E-state index >= 15 is 0 Å². The molecule has 102 valence electrons. The summed E-state index contributed by atoms with van der Waals surface area (Å²) in [6.45, 7) is 8.43. The van der Waals surface area contributed by atoms with Crippen LogP contribution in [0.25, 0.3) is 0 Å². The molecule has 0 spiro atoms. The van der Waals surface area contributed by atoms with Crippen molar-refractivity contribution in [2.24, 2.45) is 0 Å². The van der Waals surface area contributed by atoms with Gasteiger partial charge < -0.3 is 5.32 Å². The number of nitrogens with one attached hydrogen (secondary N) is 1. The maximum absolute atomic E-state index is 4.36. The van der Waals surface area contributed by atoms with Crippen LogP contribution in [0.15, 0.2) is 30.5 Å². The maximum Gasteiger partial charge on any atom is 0.0896 e. The molecule has 3 heteroatoms. The standard InChI is InChI=1S/C16H22N2S/c1-4-17-10-15(9-16-11-18-13(3)19-16)14-7-5-6-12(2)8-14/h5-8,11,15,17H,4,9-10H2,1-3H3. The molecule has 0 aliphatic heterocycles. The number of rotatable bonds is 6. The highest BCUT2D eigenvalue weighted by Gasteiger charge is 2.13. The van der Waals surface area contributed by atoms with E-state index in [9.17, 15) is 0 Å². The number of aryl methyl sites for hydroxylation is 2. The Balaban J connectivity index is 2.15. The highest BCUT2D eigenvalue weighted by molar-refractivity contribution is 7.11. The molecule has 1 heterocycles. The second-order valence-electron chi connectivity index (χ2n) is 4.97. The van der Waals surface area contributed by atoms with Crippen LogP contribution < -0.4 is 5.32 Å². The molecule has 1 aromatic carbocycles. The van der Waals surface area contributed by atoms with Gasteiger partial charge in [0.2, 0.25) is 0 Å². The first kappa shape index (κ1) is 14.2. The normalized spacial score (nSPS) is 12.6. The predicted molar refractivity (Wildman–Crippen MR) is 83.0 cm³/mol. The van der Waals surface area contributed by atoms with Gasteiger partial charge in [0, 0.05) is 23.5 Å². The van der Waals surface area contributed by atoms with Crippen LogP contribution in [-0.4, -0.2) is 18.1 Å². The molecule has 2 aromatic rings. The summed E-state index contributed by atoms with van der Waals surface area (Å²) in [7, 11) is 0. The van der Waals surface area contributed by atoms with Crippen LogP contribution in [0.3, 0.4) is 0 Å². The SMILES string of the molecule is CCNCC(Cc1cnc(C)s1)c1cccc(C)c1. The van der Waals surface area contributed by atoms with E-state index in [1.54, 1.807) is 0 Å². The summed E-state index contributed by atoms with van der Waals surface area (Å²) in [5, 5.41) is 4.63. The molecule has 0 amide bonds. The van der Waals surface area contributed by atoms with Gasteiger partial charge in [0.25, 0.3) is 0 Å². The van der Waals surface area contributed by atoms with Crippen LogP contribution in [0.1, 0.15) is 33.9 Å². The van der Waals surface area contributed by atoms with Crippen molar-refractivity contribution in [1.82, 2.24) is 10.3 Å². The summed E-state index contributed by atoms with van der Waals surface area (Å²) < 4.78 is 0. The van der Waals surface area contributed by atoms with Gasteiger partial charge in [-0.15, -0.1) is 11.3 Å². The van der Waals surface area contributed by atoms with Gasteiger partial charge in [-0.25, -0.2) is 4.98 Å². The van der Waals surface area contributed by atoms with Crippen LogP contribution in [0, 0.1) is 13.8 Å². The molecule has 0 bridgehead atoms. The molecule has 1 atom stereocenters. The Labute approximate surface area is 119 Å². The summed E-state index contributed by atoms with van der Waals surface area (Å²) in [6, 6.07) is 8.85.